The van der Waals surface area contributed by atoms with Crippen molar-refractivity contribution in [2.75, 3.05) is 0 Å². The van der Waals surface area contributed by atoms with E-state index in [-0.39, 0.29) is 11.7 Å². The Hall–Kier alpha value is -3.05. The lowest BCUT2D eigenvalue weighted by Gasteiger charge is -2.02. The van der Waals surface area contributed by atoms with Crippen molar-refractivity contribution in [3.63, 3.8) is 0 Å². The van der Waals surface area contributed by atoms with E-state index in [0.717, 1.165) is 16.3 Å². The molecule has 122 valence electrons. The van der Waals surface area contributed by atoms with Gasteiger partial charge in [0.25, 0.3) is 5.91 Å². The third-order valence-electron chi connectivity index (χ3n) is 3.86. The van der Waals surface area contributed by atoms with E-state index in [9.17, 15) is 9.90 Å². The van der Waals surface area contributed by atoms with E-state index in [1.54, 1.807) is 24.3 Å². The van der Waals surface area contributed by atoms with E-state index in [1.807, 2.05) is 48.5 Å². The lowest BCUT2D eigenvalue weighted by molar-refractivity contribution is -0.115. The van der Waals surface area contributed by atoms with Gasteiger partial charge in [-0.15, -0.1) is 0 Å². The van der Waals surface area contributed by atoms with Gasteiger partial charge in [-0.2, -0.15) is 0 Å². The van der Waals surface area contributed by atoms with Crippen LogP contribution in [-0.2, 0) is 4.79 Å². The van der Waals surface area contributed by atoms with Crippen molar-refractivity contribution in [3.8, 4) is 5.75 Å². The summed E-state index contributed by atoms with van der Waals surface area (Å²) in [6.07, 6.45) is 1.87. The molecule has 1 saturated heterocycles. The SMILES string of the molecule is O=C1NC(=Nc2ccccc2O)S/C1=C\c1cccc2ccccc12. The Morgan fingerprint density at radius 1 is 0.960 bits per heavy atom. The summed E-state index contributed by atoms with van der Waals surface area (Å²) in [4.78, 5) is 17.2. The van der Waals surface area contributed by atoms with Gasteiger partial charge in [-0.1, -0.05) is 54.6 Å². The lowest BCUT2D eigenvalue weighted by atomic mass is 10.0. The van der Waals surface area contributed by atoms with Crippen molar-refractivity contribution in [2.24, 2.45) is 4.99 Å². The molecule has 0 bridgehead atoms. The molecule has 0 aliphatic carbocycles. The summed E-state index contributed by atoms with van der Waals surface area (Å²) in [7, 11) is 0. The van der Waals surface area contributed by atoms with Crippen LogP contribution in [0.15, 0.2) is 76.6 Å². The highest BCUT2D eigenvalue weighted by atomic mass is 32.2. The Morgan fingerprint density at radius 3 is 2.60 bits per heavy atom. The number of rotatable bonds is 2. The van der Waals surface area contributed by atoms with Crippen LogP contribution in [0.25, 0.3) is 16.8 Å². The predicted molar refractivity (Wildman–Crippen MR) is 103 cm³/mol. The van der Waals surface area contributed by atoms with E-state index < -0.39 is 0 Å². The minimum absolute atomic E-state index is 0.0799. The fourth-order valence-corrected chi connectivity index (χ4v) is 3.49. The number of para-hydroxylation sites is 2. The number of amidine groups is 1. The number of phenolic OH excluding ortho intramolecular Hbond substituents is 1. The first-order valence-electron chi connectivity index (χ1n) is 7.76. The molecule has 3 aromatic carbocycles. The molecule has 25 heavy (non-hydrogen) atoms. The smallest absolute Gasteiger partial charge is 0.264 e. The normalized spacial score (nSPS) is 17.4. The standard InChI is InChI=1S/C20H14N2O2S/c23-17-11-4-3-10-16(17)21-20-22-19(24)18(25-20)12-14-8-5-7-13-6-1-2-9-15(13)14/h1-12,23H,(H,21,22,24)/b18-12-. The van der Waals surface area contributed by atoms with Gasteiger partial charge < -0.3 is 10.4 Å². The van der Waals surface area contributed by atoms with Crippen LogP contribution >= 0.6 is 11.8 Å². The number of hydrogen-bond acceptors (Lipinski definition) is 4. The molecule has 1 fully saturated rings. The second kappa shape index (κ2) is 6.45. The average Bonchev–Trinajstić information content (AvgIpc) is 2.97. The second-order valence-electron chi connectivity index (χ2n) is 5.54. The van der Waals surface area contributed by atoms with Gasteiger partial charge >= 0.3 is 0 Å². The van der Waals surface area contributed by atoms with Gasteiger partial charge in [0.15, 0.2) is 5.17 Å². The summed E-state index contributed by atoms with van der Waals surface area (Å²) in [5.74, 6) is -0.108. The van der Waals surface area contributed by atoms with Crippen molar-refractivity contribution < 1.29 is 9.90 Å². The number of thioether (sulfide) groups is 1. The molecular formula is C20H14N2O2S. The van der Waals surface area contributed by atoms with Crippen LogP contribution in [0.3, 0.4) is 0 Å². The molecule has 4 rings (SSSR count). The zero-order valence-corrected chi connectivity index (χ0v) is 14.0. The maximum atomic E-state index is 12.3. The summed E-state index contributed by atoms with van der Waals surface area (Å²) in [6, 6.07) is 20.8. The molecule has 0 radical (unpaired) electrons. The van der Waals surface area contributed by atoms with Crippen molar-refractivity contribution in [1.82, 2.24) is 5.32 Å². The van der Waals surface area contributed by atoms with E-state index in [2.05, 4.69) is 10.3 Å². The summed E-state index contributed by atoms with van der Waals surface area (Å²) in [5.41, 5.74) is 1.41. The van der Waals surface area contributed by atoms with Crippen LogP contribution in [0.5, 0.6) is 5.75 Å². The number of hydrogen-bond donors (Lipinski definition) is 2. The van der Waals surface area contributed by atoms with Gasteiger partial charge in [-0.3, -0.25) is 4.79 Å². The molecular weight excluding hydrogens is 332 g/mol. The first-order valence-corrected chi connectivity index (χ1v) is 8.58. The molecule has 0 unspecified atom stereocenters. The van der Waals surface area contributed by atoms with Crippen LogP contribution in [0.1, 0.15) is 5.56 Å². The van der Waals surface area contributed by atoms with Gasteiger partial charge in [-0.05, 0) is 46.3 Å². The molecule has 3 aromatic rings. The molecule has 0 spiro atoms. The van der Waals surface area contributed by atoms with Crippen LogP contribution in [0, 0.1) is 0 Å². The fourth-order valence-electron chi connectivity index (χ4n) is 2.67. The number of amides is 1. The maximum absolute atomic E-state index is 12.3. The Labute approximate surface area is 148 Å². The minimum atomic E-state index is -0.188. The number of aliphatic imine (C=N–C) groups is 1. The molecule has 1 aliphatic rings. The Morgan fingerprint density at radius 2 is 1.72 bits per heavy atom. The van der Waals surface area contributed by atoms with E-state index >= 15 is 0 Å². The number of carbonyl (C=O) groups is 1. The highest BCUT2D eigenvalue weighted by Crippen LogP contribution is 2.32. The third kappa shape index (κ3) is 3.14. The monoisotopic (exact) mass is 346 g/mol. The molecule has 1 aliphatic heterocycles. The van der Waals surface area contributed by atoms with Crippen LogP contribution in [0.2, 0.25) is 0 Å². The molecule has 5 heteroatoms. The summed E-state index contributed by atoms with van der Waals surface area (Å²) < 4.78 is 0. The van der Waals surface area contributed by atoms with Gasteiger partial charge in [0.1, 0.15) is 11.4 Å². The van der Waals surface area contributed by atoms with Crippen LogP contribution in [0.4, 0.5) is 5.69 Å². The summed E-state index contributed by atoms with van der Waals surface area (Å²) >= 11 is 1.27. The molecule has 0 saturated carbocycles. The molecule has 0 aromatic heterocycles. The Balaban J connectivity index is 1.69. The van der Waals surface area contributed by atoms with E-state index in [1.165, 1.54) is 11.8 Å². The molecule has 1 amide bonds. The Kier molecular flexibility index (Phi) is 3.99. The van der Waals surface area contributed by atoms with Gasteiger partial charge in [-0.25, -0.2) is 4.99 Å². The third-order valence-corrected chi connectivity index (χ3v) is 4.77. The number of nitrogens with zero attached hydrogens (tertiary/aromatic N) is 1. The van der Waals surface area contributed by atoms with Gasteiger partial charge in [0.2, 0.25) is 0 Å². The minimum Gasteiger partial charge on any atom is -0.506 e. The fraction of sp³-hybridized carbons (Fsp3) is 0. The van der Waals surface area contributed by atoms with Crippen molar-refractivity contribution in [3.05, 3.63) is 77.2 Å². The average molecular weight is 346 g/mol. The lowest BCUT2D eigenvalue weighted by Crippen LogP contribution is -2.19. The molecule has 0 atom stereocenters. The van der Waals surface area contributed by atoms with Gasteiger partial charge in [0, 0.05) is 0 Å². The Bertz CT molecular complexity index is 1040. The first-order chi connectivity index (χ1) is 12.2. The van der Waals surface area contributed by atoms with Crippen LogP contribution < -0.4 is 5.32 Å². The number of nitrogens with one attached hydrogen (secondary N) is 1. The van der Waals surface area contributed by atoms with Gasteiger partial charge in [0.05, 0.1) is 4.91 Å². The number of carbonyl (C=O) groups excluding carboxylic acids is 1. The maximum Gasteiger partial charge on any atom is 0.264 e. The van der Waals surface area contributed by atoms with E-state index in [4.69, 9.17) is 0 Å². The number of phenols is 1. The highest BCUT2D eigenvalue weighted by molar-refractivity contribution is 8.18. The predicted octanol–water partition coefficient (Wildman–Crippen LogP) is 4.44. The van der Waals surface area contributed by atoms with Crippen molar-refractivity contribution in [1.29, 1.82) is 0 Å². The molecule has 1 heterocycles. The summed E-state index contributed by atoms with van der Waals surface area (Å²) in [6.45, 7) is 0. The molecule has 2 N–H and O–H groups in total. The summed E-state index contributed by atoms with van der Waals surface area (Å²) in [5, 5.41) is 15.2. The van der Waals surface area contributed by atoms with Crippen molar-refractivity contribution in [2.45, 2.75) is 0 Å². The number of benzene rings is 3. The largest absolute Gasteiger partial charge is 0.506 e. The topological polar surface area (TPSA) is 61.7 Å². The second-order valence-corrected chi connectivity index (χ2v) is 6.57. The zero-order chi connectivity index (χ0) is 17.2. The highest BCUT2D eigenvalue weighted by Gasteiger charge is 2.24. The quantitative estimate of drug-likeness (QED) is 0.675. The molecule has 4 nitrogen and oxygen atoms in total. The first kappa shape index (κ1) is 15.5. The van der Waals surface area contributed by atoms with E-state index in [0.29, 0.717) is 15.8 Å². The zero-order valence-electron chi connectivity index (χ0n) is 13.1. The van der Waals surface area contributed by atoms with Crippen molar-refractivity contribution >= 4 is 45.4 Å². The number of fused-ring (bicyclic) bond motifs is 1. The number of aromatic hydroxyl groups is 1. The van der Waals surface area contributed by atoms with Crippen LogP contribution in [-0.4, -0.2) is 16.2 Å².